The summed E-state index contributed by atoms with van der Waals surface area (Å²) in [6.45, 7) is 8.04. The number of hydrogen-bond donors (Lipinski definition) is 1. The number of likely N-dealkylation sites (N-methyl/N-ethyl adjacent to an activating group) is 1. The van der Waals surface area contributed by atoms with Crippen LogP contribution in [0.15, 0.2) is 18.3 Å². The normalized spacial score (nSPS) is 20.6. The Balaban J connectivity index is 1.24. The Hall–Kier alpha value is -3.93. The number of rotatable bonds is 8. The van der Waals surface area contributed by atoms with Crippen LogP contribution in [0.1, 0.15) is 51.5 Å². The number of methoxy groups -OCH3 is 1. The fraction of sp³-hybridized carbons (Fsp3) is 0.594. The molecular formula is C32H44N8O4. The minimum Gasteiger partial charge on any atom is -0.495 e. The Kier molecular flexibility index (Phi) is 8.61. The summed E-state index contributed by atoms with van der Waals surface area (Å²) < 4.78 is 5.75. The highest BCUT2D eigenvalue weighted by molar-refractivity contribution is 6.04. The highest BCUT2D eigenvalue weighted by Gasteiger charge is 2.38. The molecule has 12 nitrogen and oxygen atoms in total. The summed E-state index contributed by atoms with van der Waals surface area (Å²) in [6.07, 6.45) is 8.01. The summed E-state index contributed by atoms with van der Waals surface area (Å²) in [7, 11) is 3.43. The van der Waals surface area contributed by atoms with Crippen LogP contribution in [0.5, 0.6) is 5.75 Å². The second-order valence-corrected chi connectivity index (χ2v) is 12.4. The zero-order valence-corrected chi connectivity index (χ0v) is 26.3. The predicted molar refractivity (Wildman–Crippen MR) is 170 cm³/mol. The highest BCUT2D eigenvalue weighted by Crippen LogP contribution is 2.41. The fourth-order valence-corrected chi connectivity index (χ4v) is 7.14. The first kappa shape index (κ1) is 30.1. The van der Waals surface area contributed by atoms with Crippen LogP contribution in [0.4, 0.5) is 28.8 Å². The molecule has 2 fully saturated rings. The number of amides is 3. The third-order valence-corrected chi connectivity index (χ3v) is 9.71. The molecule has 236 valence electrons. The van der Waals surface area contributed by atoms with Crippen LogP contribution in [-0.2, 0) is 20.8 Å². The van der Waals surface area contributed by atoms with Crippen molar-refractivity contribution in [3.8, 4) is 5.75 Å². The zero-order valence-electron chi connectivity index (χ0n) is 26.3. The van der Waals surface area contributed by atoms with Crippen LogP contribution >= 0.6 is 0 Å². The van der Waals surface area contributed by atoms with E-state index < -0.39 is 0 Å². The van der Waals surface area contributed by atoms with Gasteiger partial charge < -0.3 is 29.7 Å². The second kappa shape index (κ2) is 12.6. The molecule has 12 heteroatoms. The SMILES string of the molecule is CC[C@@H]1C(=O)N(C)c2cnc(Nc3cc4c(cc3OC)CCN4C(=O)CN3CCN(C(C)=O)CC3)nc2N1CC1CCCC1. The van der Waals surface area contributed by atoms with Crippen LogP contribution in [0, 0.1) is 5.92 Å². The minimum absolute atomic E-state index is 0.0436. The van der Waals surface area contributed by atoms with Gasteiger partial charge in [0.15, 0.2) is 5.82 Å². The van der Waals surface area contributed by atoms with Gasteiger partial charge in [-0.15, -0.1) is 0 Å². The van der Waals surface area contributed by atoms with Crippen LogP contribution in [0.2, 0.25) is 0 Å². The lowest BCUT2D eigenvalue weighted by molar-refractivity contribution is -0.130. The van der Waals surface area contributed by atoms with Gasteiger partial charge in [0.2, 0.25) is 23.7 Å². The molecular weight excluding hydrogens is 560 g/mol. The van der Waals surface area contributed by atoms with E-state index in [9.17, 15) is 14.4 Å². The van der Waals surface area contributed by atoms with Crippen molar-refractivity contribution in [1.82, 2.24) is 19.8 Å². The Morgan fingerprint density at radius 2 is 1.82 bits per heavy atom. The van der Waals surface area contributed by atoms with Gasteiger partial charge >= 0.3 is 0 Å². The molecule has 1 N–H and O–H groups in total. The molecule has 0 unspecified atom stereocenters. The van der Waals surface area contributed by atoms with Crippen molar-refractivity contribution in [2.75, 3.05) is 80.0 Å². The van der Waals surface area contributed by atoms with E-state index >= 15 is 0 Å². The monoisotopic (exact) mass is 604 g/mol. The van der Waals surface area contributed by atoms with Gasteiger partial charge in [-0.25, -0.2) is 4.98 Å². The number of ether oxygens (including phenoxy) is 1. The number of carbonyl (C=O) groups is 3. The van der Waals surface area contributed by atoms with Crippen LogP contribution in [0.25, 0.3) is 0 Å². The van der Waals surface area contributed by atoms with Gasteiger partial charge in [-0.1, -0.05) is 19.8 Å². The number of carbonyl (C=O) groups excluding carboxylic acids is 3. The van der Waals surface area contributed by atoms with Crippen molar-refractivity contribution >= 4 is 46.5 Å². The van der Waals surface area contributed by atoms with Gasteiger partial charge in [-0.3, -0.25) is 19.3 Å². The van der Waals surface area contributed by atoms with Crippen molar-refractivity contribution in [3.63, 3.8) is 0 Å². The Morgan fingerprint density at radius 1 is 1.07 bits per heavy atom. The molecule has 1 aromatic heterocycles. The molecule has 0 bridgehead atoms. The summed E-state index contributed by atoms with van der Waals surface area (Å²) in [5.74, 6) is 2.59. The number of nitrogens with one attached hydrogen (secondary N) is 1. The molecule has 1 aliphatic carbocycles. The second-order valence-electron chi connectivity index (χ2n) is 12.4. The molecule has 0 radical (unpaired) electrons. The van der Waals surface area contributed by atoms with E-state index in [1.165, 1.54) is 25.7 Å². The Bertz CT molecular complexity index is 1420. The summed E-state index contributed by atoms with van der Waals surface area (Å²) in [5, 5.41) is 3.37. The lowest BCUT2D eigenvalue weighted by atomic mass is 10.0. The van der Waals surface area contributed by atoms with E-state index in [1.807, 2.05) is 21.9 Å². The first-order valence-electron chi connectivity index (χ1n) is 15.9. The number of fused-ring (bicyclic) bond motifs is 2. The molecule has 4 heterocycles. The summed E-state index contributed by atoms with van der Waals surface area (Å²) in [5.41, 5.74) is 3.31. The Morgan fingerprint density at radius 3 is 2.50 bits per heavy atom. The maximum Gasteiger partial charge on any atom is 0.249 e. The van der Waals surface area contributed by atoms with Gasteiger partial charge in [0, 0.05) is 58.9 Å². The third-order valence-electron chi connectivity index (χ3n) is 9.71. The average molecular weight is 605 g/mol. The molecule has 0 spiro atoms. The van der Waals surface area contributed by atoms with E-state index in [-0.39, 0.29) is 23.8 Å². The number of nitrogens with zero attached hydrogens (tertiary/aromatic N) is 7. The van der Waals surface area contributed by atoms with Crippen molar-refractivity contribution in [2.45, 2.75) is 58.4 Å². The topological polar surface area (TPSA) is 114 Å². The van der Waals surface area contributed by atoms with E-state index in [4.69, 9.17) is 9.72 Å². The highest BCUT2D eigenvalue weighted by atomic mass is 16.5. The molecule has 1 saturated heterocycles. The number of aromatic nitrogens is 2. The molecule has 1 saturated carbocycles. The van der Waals surface area contributed by atoms with E-state index in [0.29, 0.717) is 74.7 Å². The van der Waals surface area contributed by atoms with Gasteiger partial charge in [0.05, 0.1) is 25.5 Å². The predicted octanol–water partition coefficient (Wildman–Crippen LogP) is 3.03. The minimum atomic E-state index is -0.254. The van der Waals surface area contributed by atoms with Crippen LogP contribution in [-0.4, -0.2) is 104 Å². The molecule has 1 aromatic carbocycles. The molecule has 44 heavy (non-hydrogen) atoms. The standard InChI is InChI=1S/C32H44N8O4/c1-5-25-31(43)36(3)27-18-33-32(35-30(27)40(25)19-22-8-6-7-9-22)34-24-17-26-23(16-28(24)44-4)10-11-39(26)29(42)20-37-12-14-38(15-13-37)21(2)41/h16-18,22,25H,5-15,19-20H2,1-4H3,(H,33,34,35)/t25-/m1/s1. The van der Waals surface area contributed by atoms with Crippen molar-refractivity contribution in [2.24, 2.45) is 5.92 Å². The zero-order chi connectivity index (χ0) is 31.0. The first-order valence-corrected chi connectivity index (χ1v) is 15.9. The Labute approximate surface area is 259 Å². The average Bonchev–Trinajstić information content (AvgIpc) is 3.69. The quantitative estimate of drug-likeness (QED) is 0.486. The molecule has 1 atom stereocenters. The third kappa shape index (κ3) is 5.79. The van der Waals surface area contributed by atoms with Gasteiger partial charge in [-0.2, -0.15) is 4.98 Å². The van der Waals surface area contributed by atoms with Crippen molar-refractivity contribution in [3.05, 3.63) is 23.9 Å². The van der Waals surface area contributed by atoms with Crippen molar-refractivity contribution < 1.29 is 19.1 Å². The molecule has 4 aliphatic rings. The van der Waals surface area contributed by atoms with E-state index in [1.54, 1.807) is 32.2 Å². The smallest absolute Gasteiger partial charge is 0.249 e. The van der Waals surface area contributed by atoms with E-state index in [2.05, 4.69) is 27.0 Å². The van der Waals surface area contributed by atoms with Gasteiger partial charge in [0.25, 0.3) is 0 Å². The number of benzene rings is 1. The number of piperazine rings is 1. The molecule has 2 aromatic rings. The lowest BCUT2D eigenvalue weighted by Crippen LogP contribution is -2.53. The van der Waals surface area contributed by atoms with Crippen LogP contribution < -0.4 is 24.8 Å². The van der Waals surface area contributed by atoms with Gasteiger partial charge in [0.1, 0.15) is 17.5 Å². The van der Waals surface area contributed by atoms with E-state index in [0.717, 1.165) is 30.0 Å². The molecule has 3 amide bonds. The van der Waals surface area contributed by atoms with Crippen molar-refractivity contribution in [1.29, 1.82) is 0 Å². The summed E-state index contributed by atoms with van der Waals surface area (Å²) in [4.78, 5) is 57.6. The largest absolute Gasteiger partial charge is 0.495 e. The molecule has 3 aliphatic heterocycles. The summed E-state index contributed by atoms with van der Waals surface area (Å²) >= 11 is 0. The lowest BCUT2D eigenvalue weighted by Gasteiger charge is -2.41. The van der Waals surface area contributed by atoms with Gasteiger partial charge in [-0.05, 0) is 49.3 Å². The maximum absolute atomic E-state index is 13.5. The maximum atomic E-state index is 13.5. The van der Waals surface area contributed by atoms with Crippen LogP contribution in [0.3, 0.4) is 0 Å². The number of hydrogen-bond acceptors (Lipinski definition) is 9. The number of anilines is 5. The summed E-state index contributed by atoms with van der Waals surface area (Å²) in [6, 6.07) is 3.69. The molecule has 6 rings (SSSR count). The first-order chi connectivity index (χ1) is 21.3. The fourth-order valence-electron chi connectivity index (χ4n) is 7.14.